The zero-order valence-electron chi connectivity index (χ0n) is 15.8. The van der Waals surface area contributed by atoms with Gasteiger partial charge in [-0.25, -0.2) is 9.59 Å². The number of ether oxygens (including phenoxy) is 3. The van der Waals surface area contributed by atoms with E-state index in [1.807, 2.05) is 20.8 Å². The quantitative estimate of drug-likeness (QED) is 0.652. The highest BCUT2D eigenvalue weighted by molar-refractivity contribution is 6.02. The maximum absolute atomic E-state index is 12.8. The highest BCUT2D eigenvalue weighted by atomic mass is 16.7. The molecule has 0 spiro atoms. The SMILES string of the molecule is CCOC(=O)COCC12CCCC1(C(=O)OCC)ON=C2C(C)(C)C. The number of hydrogen-bond acceptors (Lipinski definition) is 7. The number of rotatable bonds is 7. The van der Waals surface area contributed by atoms with Crippen molar-refractivity contribution < 1.29 is 28.6 Å². The molecule has 0 N–H and O–H groups in total. The predicted octanol–water partition coefficient (Wildman–Crippen LogP) is 2.47. The molecule has 0 saturated heterocycles. The Morgan fingerprint density at radius 3 is 2.44 bits per heavy atom. The van der Waals surface area contributed by atoms with Gasteiger partial charge in [-0.05, 0) is 26.7 Å². The molecule has 1 heterocycles. The first kappa shape index (κ1) is 19.7. The average Bonchev–Trinajstić information content (AvgIpc) is 3.01. The maximum atomic E-state index is 12.8. The lowest BCUT2D eigenvalue weighted by molar-refractivity contribution is -0.181. The van der Waals surface area contributed by atoms with Crippen LogP contribution in [0.5, 0.6) is 0 Å². The van der Waals surface area contributed by atoms with E-state index in [0.29, 0.717) is 19.4 Å². The molecule has 1 aliphatic carbocycles. The first-order chi connectivity index (χ1) is 11.7. The van der Waals surface area contributed by atoms with Gasteiger partial charge in [0.05, 0.1) is 30.9 Å². The van der Waals surface area contributed by atoms with Crippen LogP contribution in [0, 0.1) is 10.8 Å². The van der Waals surface area contributed by atoms with Gasteiger partial charge in [0.2, 0.25) is 5.60 Å². The lowest BCUT2D eigenvalue weighted by Gasteiger charge is -2.39. The Kier molecular flexibility index (Phi) is 5.76. The number of fused-ring (bicyclic) bond motifs is 1. The summed E-state index contributed by atoms with van der Waals surface area (Å²) in [4.78, 5) is 30.1. The van der Waals surface area contributed by atoms with E-state index in [4.69, 9.17) is 19.0 Å². The summed E-state index contributed by atoms with van der Waals surface area (Å²) in [6.07, 6.45) is 2.03. The summed E-state index contributed by atoms with van der Waals surface area (Å²) in [6, 6.07) is 0. The fraction of sp³-hybridized carbons (Fsp3) is 0.833. The van der Waals surface area contributed by atoms with Gasteiger partial charge in [-0.3, -0.25) is 0 Å². The van der Waals surface area contributed by atoms with Gasteiger partial charge in [0.25, 0.3) is 0 Å². The van der Waals surface area contributed by atoms with Gasteiger partial charge < -0.3 is 19.0 Å². The smallest absolute Gasteiger partial charge is 0.354 e. The Morgan fingerprint density at radius 1 is 1.16 bits per heavy atom. The minimum atomic E-state index is -1.17. The van der Waals surface area contributed by atoms with Crippen LogP contribution in [0.15, 0.2) is 5.16 Å². The molecule has 25 heavy (non-hydrogen) atoms. The van der Waals surface area contributed by atoms with E-state index >= 15 is 0 Å². The second-order valence-electron chi connectivity index (χ2n) is 7.56. The Bertz CT molecular complexity index is 552. The number of hydrogen-bond donors (Lipinski definition) is 0. The van der Waals surface area contributed by atoms with E-state index in [1.165, 1.54) is 0 Å². The van der Waals surface area contributed by atoms with Crippen LogP contribution in [0.3, 0.4) is 0 Å². The third-order valence-electron chi connectivity index (χ3n) is 4.84. The second-order valence-corrected chi connectivity index (χ2v) is 7.56. The molecule has 7 nitrogen and oxygen atoms in total. The van der Waals surface area contributed by atoms with E-state index in [-0.39, 0.29) is 25.2 Å². The molecule has 1 fully saturated rings. The van der Waals surface area contributed by atoms with Crippen molar-refractivity contribution in [3.63, 3.8) is 0 Å². The Labute approximate surface area is 149 Å². The molecule has 0 bridgehead atoms. The molecule has 0 aromatic heterocycles. The van der Waals surface area contributed by atoms with Crippen molar-refractivity contribution in [3.05, 3.63) is 0 Å². The Morgan fingerprint density at radius 2 is 1.84 bits per heavy atom. The highest BCUT2D eigenvalue weighted by Crippen LogP contribution is 2.57. The number of carbonyl (C=O) groups excluding carboxylic acids is 2. The molecular formula is C18H29NO6. The van der Waals surface area contributed by atoms with Crippen LogP contribution in [-0.2, 0) is 28.6 Å². The molecule has 2 atom stereocenters. The van der Waals surface area contributed by atoms with Gasteiger partial charge in [-0.15, -0.1) is 0 Å². The predicted molar refractivity (Wildman–Crippen MR) is 91.1 cm³/mol. The maximum Gasteiger partial charge on any atom is 0.354 e. The van der Waals surface area contributed by atoms with Crippen molar-refractivity contribution in [1.82, 2.24) is 0 Å². The topological polar surface area (TPSA) is 83.4 Å². The van der Waals surface area contributed by atoms with Gasteiger partial charge in [0, 0.05) is 11.8 Å². The largest absolute Gasteiger partial charge is 0.464 e. The van der Waals surface area contributed by atoms with Gasteiger partial charge in [0.15, 0.2) is 0 Å². The van der Waals surface area contributed by atoms with Crippen molar-refractivity contribution in [2.24, 2.45) is 16.0 Å². The summed E-state index contributed by atoms with van der Waals surface area (Å²) in [5.41, 5.74) is -1.40. The van der Waals surface area contributed by atoms with Gasteiger partial charge in [-0.2, -0.15) is 0 Å². The van der Waals surface area contributed by atoms with Crippen molar-refractivity contribution >= 4 is 17.7 Å². The average molecular weight is 355 g/mol. The fourth-order valence-electron chi connectivity index (χ4n) is 3.94. The fourth-order valence-corrected chi connectivity index (χ4v) is 3.94. The molecule has 7 heteroatoms. The van der Waals surface area contributed by atoms with Crippen LogP contribution in [0.25, 0.3) is 0 Å². The Balaban J connectivity index is 2.29. The van der Waals surface area contributed by atoms with E-state index < -0.39 is 23.0 Å². The summed E-state index contributed by atoms with van der Waals surface area (Å²) in [7, 11) is 0. The molecule has 0 aromatic carbocycles. The number of esters is 2. The van der Waals surface area contributed by atoms with Crippen LogP contribution in [-0.4, -0.2) is 49.7 Å². The van der Waals surface area contributed by atoms with Gasteiger partial charge in [0.1, 0.15) is 6.61 Å². The van der Waals surface area contributed by atoms with E-state index in [2.05, 4.69) is 5.16 Å². The molecule has 142 valence electrons. The lowest BCUT2D eigenvalue weighted by Crippen LogP contribution is -2.57. The minimum Gasteiger partial charge on any atom is -0.464 e. The van der Waals surface area contributed by atoms with E-state index in [0.717, 1.165) is 12.1 Å². The summed E-state index contributed by atoms with van der Waals surface area (Å²) in [5, 5.41) is 4.29. The molecule has 0 aromatic rings. The zero-order valence-corrected chi connectivity index (χ0v) is 15.8. The number of nitrogens with zero attached hydrogens (tertiary/aromatic N) is 1. The summed E-state index contributed by atoms with van der Waals surface area (Å²) in [5.74, 6) is -0.831. The van der Waals surface area contributed by atoms with Crippen LogP contribution in [0.1, 0.15) is 53.9 Å². The third kappa shape index (κ3) is 3.38. The molecule has 2 rings (SSSR count). The van der Waals surface area contributed by atoms with Crippen molar-refractivity contribution in [3.8, 4) is 0 Å². The lowest BCUT2D eigenvalue weighted by atomic mass is 9.65. The second kappa shape index (κ2) is 7.32. The van der Waals surface area contributed by atoms with Gasteiger partial charge in [-0.1, -0.05) is 25.9 Å². The normalized spacial score (nSPS) is 28.1. The van der Waals surface area contributed by atoms with Crippen LogP contribution < -0.4 is 0 Å². The molecular weight excluding hydrogens is 326 g/mol. The molecule has 1 aliphatic heterocycles. The monoisotopic (exact) mass is 355 g/mol. The van der Waals surface area contributed by atoms with E-state index in [9.17, 15) is 9.59 Å². The van der Waals surface area contributed by atoms with E-state index in [1.54, 1.807) is 13.8 Å². The molecule has 0 amide bonds. The minimum absolute atomic E-state index is 0.161. The first-order valence-electron chi connectivity index (χ1n) is 8.91. The van der Waals surface area contributed by atoms with Crippen molar-refractivity contribution in [2.75, 3.05) is 26.4 Å². The van der Waals surface area contributed by atoms with Crippen molar-refractivity contribution in [2.45, 2.75) is 59.5 Å². The van der Waals surface area contributed by atoms with Crippen LogP contribution >= 0.6 is 0 Å². The molecule has 2 unspecified atom stereocenters. The molecule has 0 radical (unpaired) electrons. The highest BCUT2D eigenvalue weighted by Gasteiger charge is 2.70. The molecule has 1 saturated carbocycles. The number of carbonyl (C=O) groups is 2. The third-order valence-corrected chi connectivity index (χ3v) is 4.84. The summed E-state index contributed by atoms with van der Waals surface area (Å²) < 4.78 is 15.9. The number of oxime groups is 1. The van der Waals surface area contributed by atoms with Crippen LogP contribution in [0.2, 0.25) is 0 Å². The Hall–Kier alpha value is -1.63. The van der Waals surface area contributed by atoms with Crippen LogP contribution in [0.4, 0.5) is 0 Å². The van der Waals surface area contributed by atoms with Gasteiger partial charge >= 0.3 is 11.9 Å². The van der Waals surface area contributed by atoms with Crippen molar-refractivity contribution in [1.29, 1.82) is 0 Å². The summed E-state index contributed by atoms with van der Waals surface area (Å²) >= 11 is 0. The zero-order chi connectivity index (χ0) is 18.7. The summed E-state index contributed by atoms with van der Waals surface area (Å²) in [6.45, 7) is 10.2. The standard InChI is InChI=1S/C18H29NO6/c1-6-23-13(20)11-22-12-17-9-8-10-18(17,15(21)24-7-2)25-19-14(17)16(3,4)5/h6-12H2,1-5H3. The molecule has 2 aliphatic rings. The first-order valence-corrected chi connectivity index (χ1v) is 8.91.